The van der Waals surface area contributed by atoms with Crippen LogP contribution >= 0.6 is 0 Å². The fourth-order valence-electron chi connectivity index (χ4n) is 4.75. The van der Waals surface area contributed by atoms with Crippen molar-refractivity contribution in [2.75, 3.05) is 33.3 Å². The van der Waals surface area contributed by atoms with Crippen LogP contribution in [0, 0.1) is 0 Å². The number of carbonyl (C=O) groups excluding carboxylic acids is 1. The minimum Gasteiger partial charge on any atom is -0.504 e. The van der Waals surface area contributed by atoms with Crippen molar-refractivity contribution in [3.8, 4) is 11.5 Å². The number of phenols is 1. The highest BCUT2D eigenvalue weighted by Gasteiger charge is 2.24. The fourth-order valence-corrected chi connectivity index (χ4v) is 4.75. The molecule has 1 saturated heterocycles. The summed E-state index contributed by atoms with van der Waals surface area (Å²) in [6, 6.07) is 26.0. The highest BCUT2D eigenvalue weighted by atomic mass is 16.5. The molecule has 204 valence electrons. The Morgan fingerprint density at radius 1 is 1.00 bits per heavy atom. The lowest BCUT2D eigenvalue weighted by Gasteiger charge is -2.34. The minimum absolute atomic E-state index is 0.0500. The van der Waals surface area contributed by atoms with Crippen LogP contribution in [-0.4, -0.2) is 55.3 Å². The van der Waals surface area contributed by atoms with E-state index in [9.17, 15) is 9.90 Å². The summed E-state index contributed by atoms with van der Waals surface area (Å²) in [5.41, 5.74) is 3.25. The normalized spacial score (nSPS) is 14.8. The zero-order valence-electron chi connectivity index (χ0n) is 22.5. The maximum Gasteiger partial charge on any atom is 0.243 e. The lowest BCUT2D eigenvalue weighted by molar-refractivity contribution is -0.116. The number of benzene rings is 3. The van der Waals surface area contributed by atoms with Crippen molar-refractivity contribution in [1.29, 1.82) is 0 Å². The summed E-state index contributed by atoms with van der Waals surface area (Å²) in [5, 5.41) is 12.6. The number of piperidine rings is 1. The van der Waals surface area contributed by atoms with Gasteiger partial charge in [-0.2, -0.15) is 0 Å². The lowest BCUT2D eigenvalue weighted by Crippen LogP contribution is -2.39. The summed E-state index contributed by atoms with van der Waals surface area (Å²) in [5.74, 6) is 0.407. The van der Waals surface area contributed by atoms with E-state index in [1.807, 2.05) is 18.2 Å². The maximum atomic E-state index is 12.1. The summed E-state index contributed by atoms with van der Waals surface area (Å²) in [7, 11) is 1.51. The second-order valence-corrected chi connectivity index (χ2v) is 9.67. The van der Waals surface area contributed by atoms with Gasteiger partial charge < -0.3 is 24.8 Å². The predicted molar refractivity (Wildman–Crippen MR) is 156 cm³/mol. The number of likely N-dealkylation sites (tertiary alicyclic amines) is 1. The Labute approximate surface area is 231 Å². The molecule has 0 bridgehead atoms. The summed E-state index contributed by atoms with van der Waals surface area (Å²) >= 11 is 0. The van der Waals surface area contributed by atoms with Gasteiger partial charge in [0.15, 0.2) is 11.5 Å². The molecule has 1 aliphatic heterocycles. The second-order valence-electron chi connectivity index (χ2n) is 9.67. The molecule has 4 rings (SSSR count). The van der Waals surface area contributed by atoms with Crippen molar-refractivity contribution >= 4 is 12.0 Å². The van der Waals surface area contributed by atoms with Crippen LogP contribution in [0.1, 0.15) is 42.1 Å². The van der Waals surface area contributed by atoms with Gasteiger partial charge in [-0.25, -0.2) is 0 Å². The van der Waals surface area contributed by atoms with Crippen molar-refractivity contribution < 1.29 is 19.4 Å². The fraction of sp³-hybridized carbons (Fsp3) is 0.303. The van der Waals surface area contributed by atoms with Gasteiger partial charge >= 0.3 is 0 Å². The molecule has 0 aliphatic carbocycles. The first-order valence-electron chi connectivity index (χ1n) is 13.6. The number of nitrogens with one attached hydrogen (secondary N) is 1. The van der Waals surface area contributed by atoms with Gasteiger partial charge in [-0.3, -0.25) is 4.79 Å². The Kier molecular flexibility index (Phi) is 10.8. The molecule has 0 spiro atoms. The third-order valence-electron chi connectivity index (χ3n) is 6.87. The Morgan fingerprint density at radius 3 is 2.31 bits per heavy atom. The average Bonchev–Trinajstić information content (AvgIpc) is 2.98. The van der Waals surface area contributed by atoms with E-state index in [-0.39, 0.29) is 23.9 Å². The number of allylic oxidation sites excluding steroid dienone is 2. The molecule has 2 N–H and O–H groups in total. The first kappa shape index (κ1) is 28.1. The first-order chi connectivity index (χ1) is 19.1. The van der Waals surface area contributed by atoms with Crippen LogP contribution < -0.4 is 10.1 Å². The first-order valence-corrected chi connectivity index (χ1v) is 13.6. The molecule has 1 amide bonds. The van der Waals surface area contributed by atoms with Gasteiger partial charge in [0.1, 0.15) is 6.10 Å². The number of carbonyl (C=O) groups is 1. The van der Waals surface area contributed by atoms with Crippen molar-refractivity contribution in [2.24, 2.45) is 0 Å². The zero-order valence-corrected chi connectivity index (χ0v) is 22.5. The van der Waals surface area contributed by atoms with E-state index >= 15 is 0 Å². The predicted octanol–water partition coefficient (Wildman–Crippen LogP) is 5.75. The molecular formula is C33H38N2O4. The molecule has 3 aromatic rings. The van der Waals surface area contributed by atoms with Gasteiger partial charge in [0.25, 0.3) is 0 Å². The van der Waals surface area contributed by atoms with E-state index in [0.29, 0.717) is 12.3 Å². The second kappa shape index (κ2) is 14.9. The van der Waals surface area contributed by atoms with Gasteiger partial charge in [0.2, 0.25) is 5.91 Å². The Balaban J connectivity index is 1.14. The molecule has 1 aliphatic rings. The van der Waals surface area contributed by atoms with Crippen molar-refractivity contribution in [3.63, 3.8) is 0 Å². The standard InChI is InChI=1S/C33H38N2O4/c1-38-31-25-26(17-18-30(31)36)11-8-9-16-32(37)34-21-10-22-35-23-19-29(20-24-35)39-33(27-12-4-2-5-13-27)28-14-6-3-7-15-28/h2-9,11-18,25,29,33,36H,10,19-24H2,1H3,(H,34,37). The van der Waals surface area contributed by atoms with Gasteiger partial charge in [-0.15, -0.1) is 0 Å². The van der Waals surface area contributed by atoms with E-state index in [1.54, 1.807) is 30.4 Å². The number of amides is 1. The van der Waals surface area contributed by atoms with Crippen molar-refractivity contribution in [2.45, 2.75) is 31.5 Å². The number of hydrogen-bond donors (Lipinski definition) is 2. The molecule has 0 atom stereocenters. The third kappa shape index (κ3) is 8.84. The van der Waals surface area contributed by atoms with Gasteiger partial charge in [-0.05, 0) is 54.6 Å². The number of methoxy groups -OCH3 is 1. The number of phenolic OH excluding ortho intramolecular Hbond substituents is 1. The van der Waals surface area contributed by atoms with Gasteiger partial charge in [0.05, 0.1) is 13.2 Å². The summed E-state index contributed by atoms with van der Waals surface area (Å²) in [4.78, 5) is 14.6. The summed E-state index contributed by atoms with van der Waals surface area (Å²) in [6.07, 6.45) is 9.96. The van der Waals surface area contributed by atoms with Crippen LogP contribution in [0.15, 0.2) is 97.1 Å². The highest BCUT2D eigenvalue weighted by molar-refractivity contribution is 5.87. The summed E-state index contributed by atoms with van der Waals surface area (Å²) < 4.78 is 11.8. The largest absolute Gasteiger partial charge is 0.504 e. The van der Waals surface area contributed by atoms with E-state index in [0.717, 1.165) is 44.5 Å². The molecule has 0 aromatic heterocycles. The third-order valence-corrected chi connectivity index (χ3v) is 6.87. The number of nitrogens with zero attached hydrogens (tertiary/aromatic N) is 1. The van der Waals surface area contributed by atoms with Gasteiger partial charge in [-0.1, -0.05) is 85.0 Å². The Morgan fingerprint density at radius 2 is 1.67 bits per heavy atom. The lowest BCUT2D eigenvalue weighted by atomic mass is 10.00. The molecule has 1 heterocycles. The number of hydrogen-bond acceptors (Lipinski definition) is 5. The highest BCUT2D eigenvalue weighted by Crippen LogP contribution is 2.30. The smallest absolute Gasteiger partial charge is 0.243 e. The van der Waals surface area contributed by atoms with E-state index in [4.69, 9.17) is 9.47 Å². The number of rotatable bonds is 12. The average molecular weight is 527 g/mol. The minimum atomic E-state index is -0.108. The molecule has 1 fully saturated rings. The Bertz CT molecular complexity index is 1180. The topological polar surface area (TPSA) is 71.0 Å². The van der Waals surface area contributed by atoms with Crippen LogP contribution in [-0.2, 0) is 9.53 Å². The van der Waals surface area contributed by atoms with Crippen molar-refractivity contribution in [1.82, 2.24) is 10.2 Å². The number of ether oxygens (including phenoxy) is 2. The van der Waals surface area contributed by atoms with Gasteiger partial charge in [0, 0.05) is 25.7 Å². The van der Waals surface area contributed by atoms with Crippen LogP contribution in [0.3, 0.4) is 0 Å². The molecule has 0 radical (unpaired) electrons. The molecule has 6 heteroatoms. The molecule has 6 nitrogen and oxygen atoms in total. The van der Waals surface area contributed by atoms with Crippen LogP contribution in [0.25, 0.3) is 6.08 Å². The number of aromatic hydroxyl groups is 1. The van der Waals surface area contributed by atoms with E-state index < -0.39 is 0 Å². The molecule has 0 saturated carbocycles. The molecule has 0 unspecified atom stereocenters. The van der Waals surface area contributed by atoms with Crippen LogP contribution in [0.4, 0.5) is 0 Å². The van der Waals surface area contributed by atoms with Crippen molar-refractivity contribution in [3.05, 3.63) is 114 Å². The van der Waals surface area contributed by atoms with E-state index in [2.05, 4.69) is 58.7 Å². The Hall–Kier alpha value is -3.87. The SMILES string of the molecule is COc1cc(C=CC=CC(=O)NCCCN2CCC(OC(c3ccccc3)c3ccccc3)CC2)ccc1O. The maximum absolute atomic E-state index is 12.1. The van der Waals surface area contributed by atoms with Crippen LogP contribution in [0.2, 0.25) is 0 Å². The molecular weight excluding hydrogens is 488 g/mol. The summed E-state index contributed by atoms with van der Waals surface area (Å²) in [6.45, 7) is 3.60. The molecule has 39 heavy (non-hydrogen) atoms. The quantitative estimate of drug-likeness (QED) is 0.179. The van der Waals surface area contributed by atoms with Crippen LogP contribution in [0.5, 0.6) is 11.5 Å². The zero-order chi connectivity index (χ0) is 27.3. The van der Waals surface area contributed by atoms with E-state index in [1.165, 1.54) is 24.3 Å². The molecule has 3 aromatic carbocycles. The monoisotopic (exact) mass is 526 g/mol.